The SMILES string of the molecule is O=C(c1ccc(Cl)cc1)C1(O)NCCc2c1[nH]c1ccccc21. The molecular formula is C18H15ClN2O2. The average molecular weight is 327 g/mol. The molecule has 23 heavy (non-hydrogen) atoms. The zero-order valence-electron chi connectivity index (χ0n) is 12.3. The van der Waals surface area contributed by atoms with Crippen molar-refractivity contribution in [1.82, 2.24) is 10.3 Å². The van der Waals surface area contributed by atoms with Gasteiger partial charge < -0.3 is 10.1 Å². The number of fused-ring (bicyclic) bond motifs is 3. The monoisotopic (exact) mass is 326 g/mol. The fourth-order valence-electron chi connectivity index (χ4n) is 3.23. The van der Waals surface area contributed by atoms with Crippen molar-refractivity contribution in [3.63, 3.8) is 0 Å². The van der Waals surface area contributed by atoms with Crippen molar-refractivity contribution in [2.45, 2.75) is 12.1 Å². The summed E-state index contributed by atoms with van der Waals surface area (Å²) in [5, 5.41) is 15.7. The second-order valence-corrected chi connectivity index (χ2v) is 6.18. The number of Topliss-reactive ketones (excluding diaryl/α,β-unsaturated/α-hetero) is 1. The van der Waals surface area contributed by atoms with E-state index in [9.17, 15) is 9.90 Å². The van der Waals surface area contributed by atoms with Gasteiger partial charge in [0.1, 0.15) is 0 Å². The number of carbonyl (C=O) groups is 1. The molecule has 1 unspecified atom stereocenters. The summed E-state index contributed by atoms with van der Waals surface area (Å²) < 4.78 is 0. The molecule has 5 heteroatoms. The highest BCUT2D eigenvalue weighted by Gasteiger charge is 2.43. The molecule has 4 rings (SSSR count). The van der Waals surface area contributed by atoms with Crippen LogP contribution in [0.2, 0.25) is 5.02 Å². The molecule has 1 aliphatic rings. The summed E-state index contributed by atoms with van der Waals surface area (Å²) in [7, 11) is 0. The fraction of sp³-hybridized carbons (Fsp3) is 0.167. The highest BCUT2D eigenvalue weighted by molar-refractivity contribution is 6.30. The van der Waals surface area contributed by atoms with E-state index in [-0.39, 0.29) is 5.78 Å². The zero-order chi connectivity index (χ0) is 16.0. The molecule has 0 amide bonds. The van der Waals surface area contributed by atoms with Crippen molar-refractivity contribution in [3.8, 4) is 0 Å². The second-order valence-electron chi connectivity index (χ2n) is 5.75. The Balaban J connectivity index is 1.86. The number of carbonyl (C=O) groups excluding carboxylic acids is 1. The van der Waals surface area contributed by atoms with Gasteiger partial charge in [0, 0.05) is 28.0 Å². The Morgan fingerprint density at radius 2 is 1.87 bits per heavy atom. The summed E-state index contributed by atoms with van der Waals surface area (Å²) in [6, 6.07) is 14.4. The topological polar surface area (TPSA) is 65.1 Å². The smallest absolute Gasteiger partial charge is 0.222 e. The highest BCUT2D eigenvalue weighted by atomic mass is 35.5. The maximum atomic E-state index is 12.9. The molecule has 116 valence electrons. The van der Waals surface area contributed by atoms with Crippen LogP contribution < -0.4 is 5.32 Å². The fourth-order valence-corrected chi connectivity index (χ4v) is 3.36. The Morgan fingerprint density at radius 3 is 2.65 bits per heavy atom. The molecule has 1 atom stereocenters. The Kier molecular flexibility index (Phi) is 3.27. The van der Waals surface area contributed by atoms with Crippen LogP contribution in [0.1, 0.15) is 21.6 Å². The van der Waals surface area contributed by atoms with Crippen molar-refractivity contribution in [3.05, 3.63) is 70.4 Å². The lowest BCUT2D eigenvalue weighted by Crippen LogP contribution is -2.53. The van der Waals surface area contributed by atoms with E-state index in [2.05, 4.69) is 10.3 Å². The number of hydrogen-bond donors (Lipinski definition) is 3. The van der Waals surface area contributed by atoms with Crippen LogP contribution in [-0.2, 0) is 12.1 Å². The molecule has 0 aliphatic carbocycles. The van der Waals surface area contributed by atoms with Crippen molar-refractivity contribution >= 4 is 28.3 Å². The molecule has 0 saturated heterocycles. The molecule has 3 aromatic rings. The molecule has 0 bridgehead atoms. The molecule has 0 fully saturated rings. The molecular weight excluding hydrogens is 312 g/mol. The van der Waals surface area contributed by atoms with E-state index in [1.54, 1.807) is 24.3 Å². The van der Waals surface area contributed by atoms with Crippen LogP contribution in [0.3, 0.4) is 0 Å². The highest BCUT2D eigenvalue weighted by Crippen LogP contribution is 2.34. The average Bonchev–Trinajstić information content (AvgIpc) is 2.96. The van der Waals surface area contributed by atoms with Crippen molar-refractivity contribution < 1.29 is 9.90 Å². The molecule has 1 aromatic heterocycles. The molecule has 4 nitrogen and oxygen atoms in total. The summed E-state index contributed by atoms with van der Waals surface area (Å²) in [6.45, 7) is 0.532. The summed E-state index contributed by atoms with van der Waals surface area (Å²) in [4.78, 5) is 16.1. The lowest BCUT2D eigenvalue weighted by Gasteiger charge is -2.32. The number of nitrogens with one attached hydrogen (secondary N) is 2. The lowest BCUT2D eigenvalue weighted by molar-refractivity contribution is 0.00373. The van der Waals surface area contributed by atoms with E-state index in [1.807, 2.05) is 24.3 Å². The van der Waals surface area contributed by atoms with Gasteiger partial charge in [-0.25, -0.2) is 0 Å². The third kappa shape index (κ3) is 2.18. The minimum atomic E-state index is -1.75. The van der Waals surface area contributed by atoms with E-state index in [4.69, 9.17) is 11.6 Å². The molecule has 2 aromatic carbocycles. The minimum absolute atomic E-state index is 0.387. The maximum Gasteiger partial charge on any atom is 0.222 e. The summed E-state index contributed by atoms with van der Waals surface area (Å²) in [5.41, 5.74) is 1.11. The van der Waals surface area contributed by atoms with Gasteiger partial charge in [-0.15, -0.1) is 0 Å². The van der Waals surface area contributed by atoms with Crippen LogP contribution >= 0.6 is 11.6 Å². The molecule has 0 radical (unpaired) electrons. The third-order valence-electron chi connectivity index (χ3n) is 4.37. The predicted octanol–water partition coefficient (Wildman–Crippen LogP) is 3.00. The van der Waals surface area contributed by atoms with Gasteiger partial charge in [0.15, 0.2) is 0 Å². The number of H-pyrrole nitrogens is 1. The number of rotatable bonds is 2. The first-order valence-electron chi connectivity index (χ1n) is 7.47. The Labute approximate surface area is 138 Å². The van der Waals surface area contributed by atoms with E-state index in [0.717, 1.165) is 22.9 Å². The van der Waals surface area contributed by atoms with Gasteiger partial charge in [0.25, 0.3) is 0 Å². The van der Waals surface area contributed by atoms with Crippen molar-refractivity contribution in [2.24, 2.45) is 0 Å². The standard InChI is InChI=1S/C18H15ClN2O2/c19-12-7-5-11(6-8-12)17(22)18(23)16-14(9-10-20-18)13-3-1-2-4-15(13)21-16/h1-8,20-21,23H,9-10H2. The van der Waals surface area contributed by atoms with Crippen LogP contribution in [0, 0.1) is 0 Å². The number of halogens is 1. The van der Waals surface area contributed by atoms with E-state index < -0.39 is 5.72 Å². The normalized spacial score (nSPS) is 20.4. The molecule has 1 aliphatic heterocycles. The Bertz CT molecular complexity index is 901. The van der Waals surface area contributed by atoms with E-state index in [0.29, 0.717) is 22.8 Å². The first-order chi connectivity index (χ1) is 11.1. The Hall–Kier alpha value is -2.14. The minimum Gasteiger partial charge on any atom is -0.364 e. The maximum absolute atomic E-state index is 12.9. The van der Waals surface area contributed by atoms with Gasteiger partial charge in [-0.3, -0.25) is 10.1 Å². The van der Waals surface area contributed by atoms with Crippen LogP contribution in [-0.4, -0.2) is 22.4 Å². The van der Waals surface area contributed by atoms with Gasteiger partial charge in [-0.2, -0.15) is 0 Å². The van der Waals surface area contributed by atoms with Gasteiger partial charge in [0.2, 0.25) is 11.5 Å². The number of para-hydroxylation sites is 1. The van der Waals surface area contributed by atoms with Gasteiger partial charge in [-0.1, -0.05) is 29.8 Å². The second kappa shape index (κ2) is 5.20. The van der Waals surface area contributed by atoms with E-state index >= 15 is 0 Å². The lowest BCUT2D eigenvalue weighted by atomic mass is 9.90. The van der Waals surface area contributed by atoms with Crippen molar-refractivity contribution in [1.29, 1.82) is 0 Å². The van der Waals surface area contributed by atoms with E-state index in [1.165, 1.54) is 0 Å². The predicted molar refractivity (Wildman–Crippen MR) is 89.7 cm³/mol. The quantitative estimate of drug-likeness (QED) is 0.634. The number of ketones is 1. The number of aromatic nitrogens is 1. The van der Waals surface area contributed by atoms with Crippen molar-refractivity contribution in [2.75, 3.05) is 6.54 Å². The first kappa shape index (κ1) is 14.5. The van der Waals surface area contributed by atoms with Gasteiger partial charge >= 0.3 is 0 Å². The number of aliphatic hydroxyl groups is 1. The van der Waals surface area contributed by atoms with Gasteiger partial charge in [-0.05, 0) is 42.3 Å². The van der Waals surface area contributed by atoms with Gasteiger partial charge in [0.05, 0.1) is 5.69 Å². The largest absolute Gasteiger partial charge is 0.364 e. The number of benzene rings is 2. The first-order valence-corrected chi connectivity index (χ1v) is 7.85. The Morgan fingerprint density at radius 1 is 1.13 bits per heavy atom. The summed E-state index contributed by atoms with van der Waals surface area (Å²) >= 11 is 5.88. The summed E-state index contributed by atoms with van der Waals surface area (Å²) in [5.74, 6) is -0.387. The molecule has 3 N–H and O–H groups in total. The van der Waals surface area contributed by atoms with Crippen LogP contribution in [0.15, 0.2) is 48.5 Å². The molecule has 2 heterocycles. The van der Waals surface area contributed by atoms with Crippen LogP contribution in [0.4, 0.5) is 0 Å². The number of hydrogen-bond acceptors (Lipinski definition) is 3. The molecule has 0 saturated carbocycles. The van der Waals surface area contributed by atoms with Crippen LogP contribution in [0.5, 0.6) is 0 Å². The number of aromatic amines is 1. The summed E-state index contributed by atoms with van der Waals surface area (Å²) in [6.07, 6.45) is 0.759. The third-order valence-corrected chi connectivity index (χ3v) is 4.62. The molecule has 0 spiro atoms. The zero-order valence-corrected chi connectivity index (χ0v) is 13.0. The van der Waals surface area contributed by atoms with Crippen LogP contribution in [0.25, 0.3) is 10.9 Å².